The predicted molar refractivity (Wildman–Crippen MR) is 55.1 cm³/mol. The van der Waals surface area contributed by atoms with Crippen LogP contribution < -0.4 is 4.74 Å². The molecule has 2 rings (SSSR count). The first kappa shape index (κ1) is 10.3. The van der Waals surface area contributed by atoms with Crippen molar-refractivity contribution in [2.45, 2.75) is 6.61 Å². The van der Waals surface area contributed by atoms with Crippen LogP contribution in [0.3, 0.4) is 0 Å². The Morgan fingerprint density at radius 2 is 1.93 bits per heavy atom. The SMILES string of the molecule is Clc1ccc(OCc2nc(Cl)no2)cc1. The van der Waals surface area contributed by atoms with Crippen LogP contribution in [0.1, 0.15) is 5.89 Å². The number of hydrogen-bond acceptors (Lipinski definition) is 4. The number of halogens is 2. The summed E-state index contributed by atoms with van der Waals surface area (Å²) in [6, 6.07) is 6.97. The summed E-state index contributed by atoms with van der Waals surface area (Å²) in [5, 5.41) is 4.15. The van der Waals surface area contributed by atoms with Crippen LogP contribution >= 0.6 is 23.2 Å². The molecule has 0 N–H and O–H groups in total. The number of ether oxygens (including phenoxy) is 1. The van der Waals surface area contributed by atoms with E-state index in [1.807, 2.05) is 0 Å². The highest BCUT2D eigenvalue weighted by Gasteiger charge is 2.04. The van der Waals surface area contributed by atoms with E-state index in [4.69, 9.17) is 32.5 Å². The molecule has 0 saturated heterocycles. The van der Waals surface area contributed by atoms with Gasteiger partial charge in [-0.25, -0.2) is 0 Å². The second kappa shape index (κ2) is 4.51. The van der Waals surface area contributed by atoms with Gasteiger partial charge in [0.1, 0.15) is 5.75 Å². The van der Waals surface area contributed by atoms with Crippen molar-refractivity contribution in [1.82, 2.24) is 10.1 Å². The second-order valence-electron chi connectivity index (χ2n) is 2.70. The summed E-state index contributed by atoms with van der Waals surface area (Å²) in [4.78, 5) is 3.78. The first-order chi connectivity index (χ1) is 7.24. The molecule has 0 saturated carbocycles. The highest BCUT2D eigenvalue weighted by molar-refractivity contribution is 6.30. The molecule has 0 spiro atoms. The summed E-state index contributed by atoms with van der Waals surface area (Å²) < 4.78 is 10.1. The van der Waals surface area contributed by atoms with Gasteiger partial charge in [0.2, 0.25) is 0 Å². The maximum Gasteiger partial charge on any atom is 0.265 e. The van der Waals surface area contributed by atoms with Crippen LogP contribution in [0.5, 0.6) is 5.75 Å². The molecular weight excluding hydrogens is 239 g/mol. The molecule has 1 heterocycles. The molecule has 0 aliphatic heterocycles. The van der Waals surface area contributed by atoms with E-state index in [1.165, 1.54) is 0 Å². The third-order valence-electron chi connectivity index (χ3n) is 1.62. The highest BCUT2D eigenvalue weighted by Crippen LogP contribution is 2.16. The molecular formula is C9H6Cl2N2O2. The maximum absolute atomic E-state index is 5.72. The van der Waals surface area contributed by atoms with Gasteiger partial charge in [0.15, 0.2) is 6.61 Å². The van der Waals surface area contributed by atoms with Gasteiger partial charge in [-0.15, -0.1) is 0 Å². The summed E-state index contributed by atoms with van der Waals surface area (Å²) in [5.74, 6) is 1.00. The Morgan fingerprint density at radius 1 is 1.20 bits per heavy atom. The summed E-state index contributed by atoms with van der Waals surface area (Å²) in [6.07, 6.45) is 0. The van der Waals surface area contributed by atoms with Gasteiger partial charge in [0.25, 0.3) is 11.2 Å². The van der Waals surface area contributed by atoms with E-state index in [-0.39, 0.29) is 11.9 Å². The molecule has 6 heteroatoms. The molecule has 78 valence electrons. The second-order valence-corrected chi connectivity index (χ2v) is 3.47. The molecule has 1 aromatic carbocycles. The van der Waals surface area contributed by atoms with E-state index >= 15 is 0 Å². The predicted octanol–water partition coefficient (Wildman–Crippen LogP) is 2.96. The minimum absolute atomic E-state index is 0.0738. The van der Waals surface area contributed by atoms with E-state index in [0.29, 0.717) is 16.7 Å². The topological polar surface area (TPSA) is 48.2 Å². The van der Waals surface area contributed by atoms with Crippen molar-refractivity contribution in [1.29, 1.82) is 0 Å². The van der Waals surface area contributed by atoms with E-state index in [2.05, 4.69) is 10.1 Å². The fourth-order valence-electron chi connectivity index (χ4n) is 0.969. The van der Waals surface area contributed by atoms with Crippen molar-refractivity contribution in [3.8, 4) is 5.75 Å². The van der Waals surface area contributed by atoms with E-state index in [1.54, 1.807) is 24.3 Å². The molecule has 0 aliphatic rings. The number of aromatic nitrogens is 2. The monoisotopic (exact) mass is 244 g/mol. The quantitative estimate of drug-likeness (QED) is 0.833. The fourth-order valence-corrected chi connectivity index (χ4v) is 1.22. The average Bonchev–Trinajstić information content (AvgIpc) is 2.64. The molecule has 1 aromatic heterocycles. The van der Waals surface area contributed by atoms with Crippen molar-refractivity contribution >= 4 is 23.2 Å². The van der Waals surface area contributed by atoms with Gasteiger partial charge in [-0.05, 0) is 41.0 Å². The summed E-state index contributed by atoms with van der Waals surface area (Å²) in [7, 11) is 0. The number of benzene rings is 1. The average molecular weight is 245 g/mol. The molecule has 0 fully saturated rings. The lowest BCUT2D eigenvalue weighted by molar-refractivity contribution is 0.243. The third kappa shape index (κ3) is 2.84. The Labute approximate surface area is 95.8 Å². The minimum atomic E-state index is 0.0738. The molecule has 15 heavy (non-hydrogen) atoms. The first-order valence-electron chi connectivity index (χ1n) is 4.10. The van der Waals surface area contributed by atoms with Gasteiger partial charge in [-0.2, -0.15) is 4.98 Å². The van der Waals surface area contributed by atoms with Gasteiger partial charge in [0.05, 0.1) is 0 Å². The number of nitrogens with zero attached hydrogens (tertiary/aromatic N) is 2. The lowest BCUT2D eigenvalue weighted by Crippen LogP contribution is -1.95. The van der Waals surface area contributed by atoms with Gasteiger partial charge in [-0.3, -0.25) is 0 Å². The lowest BCUT2D eigenvalue weighted by atomic mass is 10.3. The van der Waals surface area contributed by atoms with E-state index in [0.717, 1.165) is 0 Å². The van der Waals surface area contributed by atoms with E-state index in [9.17, 15) is 0 Å². The molecule has 0 radical (unpaired) electrons. The maximum atomic E-state index is 5.72. The first-order valence-corrected chi connectivity index (χ1v) is 4.86. The third-order valence-corrected chi connectivity index (χ3v) is 2.02. The Hall–Kier alpha value is -1.26. The minimum Gasteiger partial charge on any atom is -0.484 e. The van der Waals surface area contributed by atoms with Crippen LogP contribution in [0.25, 0.3) is 0 Å². The Kier molecular flexibility index (Phi) is 3.08. The van der Waals surface area contributed by atoms with Crippen LogP contribution in [0.4, 0.5) is 0 Å². The van der Waals surface area contributed by atoms with Gasteiger partial charge in [0, 0.05) is 5.02 Å². The molecule has 0 unspecified atom stereocenters. The summed E-state index contributed by atoms with van der Waals surface area (Å²) >= 11 is 11.2. The van der Waals surface area contributed by atoms with Crippen LogP contribution in [-0.4, -0.2) is 10.1 Å². The standard InChI is InChI=1S/C9H6Cl2N2O2/c10-6-1-3-7(4-2-6)14-5-8-12-9(11)13-15-8/h1-4H,5H2. The van der Waals surface area contributed by atoms with Crippen molar-refractivity contribution in [3.63, 3.8) is 0 Å². The Bertz CT molecular complexity index is 442. The van der Waals surface area contributed by atoms with Crippen molar-refractivity contribution in [2.24, 2.45) is 0 Å². The van der Waals surface area contributed by atoms with Crippen LogP contribution in [-0.2, 0) is 6.61 Å². The summed E-state index contributed by atoms with van der Waals surface area (Å²) in [6.45, 7) is 0.182. The summed E-state index contributed by atoms with van der Waals surface area (Å²) in [5.41, 5.74) is 0. The zero-order chi connectivity index (χ0) is 10.7. The molecule has 4 nitrogen and oxygen atoms in total. The normalized spacial score (nSPS) is 10.3. The molecule has 0 bridgehead atoms. The van der Waals surface area contributed by atoms with E-state index < -0.39 is 0 Å². The Morgan fingerprint density at radius 3 is 2.53 bits per heavy atom. The fraction of sp³-hybridized carbons (Fsp3) is 0.111. The van der Waals surface area contributed by atoms with Crippen molar-refractivity contribution in [3.05, 3.63) is 40.5 Å². The zero-order valence-electron chi connectivity index (χ0n) is 7.48. The van der Waals surface area contributed by atoms with Gasteiger partial charge < -0.3 is 9.26 Å². The van der Waals surface area contributed by atoms with Crippen LogP contribution in [0, 0.1) is 0 Å². The molecule has 0 atom stereocenters. The van der Waals surface area contributed by atoms with Crippen LogP contribution in [0.15, 0.2) is 28.8 Å². The van der Waals surface area contributed by atoms with Gasteiger partial charge >= 0.3 is 0 Å². The zero-order valence-corrected chi connectivity index (χ0v) is 9.00. The smallest absolute Gasteiger partial charge is 0.265 e. The van der Waals surface area contributed by atoms with Crippen molar-refractivity contribution in [2.75, 3.05) is 0 Å². The largest absolute Gasteiger partial charge is 0.484 e. The van der Waals surface area contributed by atoms with Crippen molar-refractivity contribution < 1.29 is 9.26 Å². The Balaban J connectivity index is 1.96. The van der Waals surface area contributed by atoms with Crippen LogP contribution in [0.2, 0.25) is 10.3 Å². The highest BCUT2D eigenvalue weighted by atomic mass is 35.5. The number of hydrogen-bond donors (Lipinski definition) is 0. The molecule has 2 aromatic rings. The molecule has 0 amide bonds. The number of rotatable bonds is 3. The van der Waals surface area contributed by atoms with Gasteiger partial charge in [-0.1, -0.05) is 11.6 Å². The lowest BCUT2D eigenvalue weighted by Gasteiger charge is -2.01. The molecule has 0 aliphatic carbocycles.